The molecule has 7 nitrogen and oxygen atoms in total. The van der Waals surface area contributed by atoms with Crippen molar-refractivity contribution >= 4 is 11.8 Å². The van der Waals surface area contributed by atoms with E-state index in [1.54, 1.807) is 36.3 Å². The molecule has 0 radical (unpaired) electrons. The monoisotopic (exact) mass is 305 g/mol. The van der Waals surface area contributed by atoms with Gasteiger partial charge >= 0.3 is 0 Å². The molecule has 1 aliphatic rings. The topological polar surface area (TPSA) is 92.4 Å². The Morgan fingerprint density at radius 2 is 2.18 bits per heavy atom. The van der Waals surface area contributed by atoms with Crippen LogP contribution in [0, 0.1) is 0 Å². The van der Waals surface area contributed by atoms with Gasteiger partial charge in [-0.25, -0.2) is 0 Å². The molecule has 2 heterocycles. The lowest BCUT2D eigenvalue weighted by atomic mass is 10.1. The summed E-state index contributed by atoms with van der Waals surface area (Å²) in [4.78, 5) is 35.7. The van der Waals surface area contributed by atoms with E-state index < -0.39 is 0 Å². The SMILES string of the molecule is CN(C)C(=O)CCc1cncc(C2CCCN2C(=O)CN)n1. The summed E-state index contributed by atoms with van der Waals surface area (Å²) in [6.07, 6.45) is 6.15. The maximum absolute atomic E-state index is 11.9. The van der Waals surface area contributed by atoms with Crippen molar-refractivity contribution in [1.29, 1.82) is 0 Å². The van der Waals surface area contributed by atoms with E-state index in [1.807, 2.05) is 0 Å². The van der Waals surface area contributed by atoms with Crippen LogP contribution < -0.4 is 5.73 Å². The molecule has 0 bridgehead atoms. The van der Waals surface area contributed by atoms with Gasteiger partial charge in [0, 0.05) is 33.3 Å². The van der Waals surface area contributed by atoms with Crippen molar-refractivity contribution in [3.63, 3.8) is 0 Å². The highest BCUT2D eigenvalue weighted by Crippen LogP contribution is 2.30. The molecule has 2 amide bonds. The molecule has 1 atom stereocenters. The molecule has 1 aromatic rings. The zero-order valence-electron chi connectivity index (χ0n) is 13.2. The van der Waals surface area contributed by atoms with Gasteiger partial charge in [-0.05, 0) is 19.3 Å². The highest BCUT2D eigenvalue weighted by molar-refractivity contribution is 5.78. The van der Waals surface area contributed by atoms with Crippen LogP contribution in [-0.4, -0.2) is 58.8 Å². The number of carbonyl (C=O) groups is 2. The number of hydrogen-bond donors (Lipinski definition) is 1. The molecular weight excluding hydrogens is 282 g/mol. The second-order valence-corrected chi connectivity index (χ2v) is 5.67. The quantitative estimate of drug-likeness (QED) is 0.834. The minimum Gasteiger partial charge on any atom is -0.349 e. The summed E-state index contributed by atoms with van der Waals surface area (Å²) < 4.78 is 0. The van der Waals surface area contributed by atoms with Crippen LogP contribution in [-0.2, 0) is 16.0 Å². The summed E-state index contributed by atoms with van der Waals surface area (Å²) in [5.74, 6) is 0.00509. The van der Waals surface area contributed by atoms with Crippen molar-refractivity contribution in [2.75, 3.05) is 27.2 Å². The number of rotatable bonds is 5. The van der Waals surface area contributed by atoms with Gasteiger partial charge < -0.3 is 15.5 Å². The minimum atomic E-state index is -0.0579. The van der Waals surface area contributed by atoms with E-state index in [1.165, 1.54) is 0 Å². The van der Waals surface area contributed by atoms with Gasteiger partial charge in [0.2, 0.25) is 11.8 Å². The highest BCUT2D eigenvalue weighted by Gasteiger charge is 2.30. The average Bonchev–Trinajstić information content (AvgIpc) is 3.01. The second-order valence-electron chi connectivity index (χ2n) is 5.67. The first-order chi connectivity index (χ1) is 10.5. The molecule has 7 heteroatoms. The second kappa shape index (κ2) is 7.31. The van der Waals surface area contributed by atoms with Gasteiger partial charge in [0.25, 0.3) is 0 Å². The third-order valence-electron chi connectivity index (χ3n) is 3.89. The van der Waals surface area contributed by atoms with Gasteiger partial charge in [-0.2, -0.15) is 0 Å². The Bertz CT molecular complexity index is 546. The number of nitrogens with two attached hydrogens (primary N) is 1. The van der Waals surface area contributed by atoms with Crippen LogP contribution in [0.25, 0.3) is 0 Å². The Morgan fingerprint density at radius 1 is 1.41 bits per heavy atom. The van der Waals surface area contributed by atoms with Gasteiger partial charge in [0.05, 0.1) is 30.2 Å². The zero-order valence-corrected chi connectivity index (χ0v) is 13.2. The maximum atomic E-state index is 11.9. The number of aryl methyl sites for hydroxylation is 1. The predicted octanol–water partition coefficient (Wildman–Crippen LogP) is 0.120. The molecule has 0 saturated carbocycles. The lowest BCUT2D eigenvalue weighted by Gasteiger charge is -2.23. The van der Waals surface area contributed by atoms with Gasteiger partial charge in [-0.3, -0.25) is 19.6 Å². The molecule has 120 valence electrons. The summed E-state index contributed by atoms with van der Waals surface area (Å²) in [6, 6.07) is -0.0481. The number of nitrogens with zero attached hydrogens (tertiary/aromatic N) is 4. The number of likely N-dealkylation sites (tertiary alicyclic amines) is 1. The summed E-state index contributed by atoms with van der Waals surface area (Å²) in [5, 5.41) is 0. The van der Waals surface area contributed by atoms with Crippen molar-refractivity contribution in [1.82, 2.24) is 19.8 Å². The number of aromatic nitrogens is 2. The van der Waals surface area contributed by atoms with Crippen molar-refractivity contribution in [3.8, 4) is 0 Å². The predicted molar refractivity (Wildman–Crippen MR) is 81.8 cm³/mol. The third-order valence-corrected chi connectivity index (χ3v) is 3.89. The molecule has 1 aromatic heterocycles. The Kier molecular flexibility index (Phi) is 5.43. The van der Waals surface area contributed by atoms with Crippen LogP contribution in [0.5, 0.6) is 0 Å². The first-order valence-corrected chi connectivity index (χ1v) is 7.53. The van der Waals surface area contributed by atoms with E-state index in [0.29, 0.717) is 19.4 Å². The van der Waals surface area contributed by atoms with Crippen LogP contribution in [0.15, 0.2) is 12.4 Å². The Hall–Kier alpha value is -2.02. The molecule has 1 unspecified atom stereocenters. The standard InChI is InChI=1S/C15H23N5O2/c1-19(2)14(21)6-5-11-9-17-10-12(18-11)13-4-3-7-20(13)15(22)8-16/h9-10,13H,3-8,16H2,1-2H3. The minimum absolute atomic E-state index is 0.0148. The number of carbonyl (C=O) groups excluding carboxylic acids is 2. The lowest BCUT2D eigenvalue weighted by molar-refractivity contribution is -0.130. The largest absolute Gasteiger partial charge is 0.349 e. The summed E-state index contributed by atoms with van der Waals surface area (Å²) >= 11 is 0. The van der Waals surface area contributed by atoms with Crippen LogP contribution in [0.4, 0.5) is 0 Å². The third kappa shape index (κ3) is 3.79. The molecule has 1 aliphatic heterocycles. The summed E-state index contributed by atoms with van der Waals surface area (Å²) in [6.45, 7) is 0.729. The molecular formula is C15H23N5O2. The average molecular weight is 305 g/mol. The summed E-state index contributed by atoms with van der Waals surface area (Å²) in [7, 11) is 3.47. The van der Waals surface area contributed by atoms with Crippen LogP contribution >= 0.6 is 0 Å². The fourth-order valence-electron chi connectivity index (χ4n) is 2.65. The molecule has 0 aliphatic carbocycles. The van der Waals surface area contributed by atoms with E-state index in [9.17, 15) is 9.59 Å². The fourth-order valence-corrected chi connectivity index (χ4v) is 2.65. The van der Waals surface area contributed by atoms with Gasteiger partial charge in [0.15, 0.2) is 0 Å². The normalized spacial score (nSPS) is 17.6. The van der Waals surface area contributed by atoms with E-state index >= 15 is 0 Å². The van der Waals surface area contributed by atoms with Crippen LogP contribution in [0.1, 0.15) is 36.7 Å². The van der Waals surface area contributed by atoms with Gasteiger partial charge in [-0.15, -0.1) is 0 Å². The molecule has 0 aromatic carbocycles. The van der Waals surface area contributed by atoms with Crippen molar-refractivity contribution < 1.29 is 9.59 Å². The zero-order chi connectivity index (χ0) is 16.1. The number of amides is 2. The van der Waals surface area contributed by atoms with Crippen LogP contribution in [0.2, 0.25) is 0 Å². The van der Waals surface area contributed by atoms with Gasteiger partial charge in [-0.1, -0.05) is 0 Å². The Morgan fingerprint density at radius 3 is 2.86 bits per heavy atom. The maximum Gasteiger partial charge on any atom is 0.236 e. The molecule has 2 N–H and O–H groups in total. The fraction of sp³-hybridized carbons (Fsp3) is 0.600. The molecule has 1 saturated heterocycles. The lowest BCUT2D eigenvalue weighted by Crippen LogP contribution is -2.35. The smallest absolute Gasteiger partial charge is 0.236 e. The van der Waals surface area contributed by atoms with Crippen LogP contribution in [0.3, 0.4) is 0 Å². The summed E-state index contributed by atoms with van der Waals surface area (Å²) in [5.41, 5.74) is 7.03. The number of hydrogen-bond acceptors (Lipinski definition) is 5. The molecule has 1 fully saturated rings. The Labute approximate surface area is 130 Å². The van der Waals surface area contributed by atoms with E-state index in [2.05, 4.69) is 9.97 Å². The van der Waals surface area contributed by atoms with Crippen molar-refractivity contribution in [2.45, 2.75) is 31.7 Å². The van der Waals surface area contributed by atoms with Gasteiger partial charge in [0.1, 0.15) is 0 Å². The molecule has 22 heavy (non-hydrogen) atoms. The first kappa shape index (κ1) is 16.4. The van der Waals surface area contributed by atoms with E-state index in [4.69, 9.17) is 5.73 Å². The van der Waals surface area contributed by atoms with Crippen molar-refractivity contribution in [2.24, 2.45) is 5.73 Å². The molecule has 2 rings (SSSR count). The first-order valence-electron chi connectivity index (χ1n) is 7.53. The highest BCUT2D eigenvalue weighted by atomic mass is 16.2. The molecule has 0 spiro atoms. The van der Waals surface area contributed by atoms with E-state index in [0.717, 1.165) is 24.2 Å². The van der Waals surface area contributed by atoms with Crippen molar-refractivity contribution in [3.05, 3.63) is 23.8 Å². The van der Waals surface area contributed by atoms with E-state index in [-0.39, 0.29) is 24.4 Å². The Balaban J connectivity index is 2.07.